The molecule has 0 bridgehead atoms. The molecule has 4 nitrogen and oxygen atoms in total. The van der Waals surface area contributed by atoms with E-state index in [-0.39, 0.29) is 13.2 Å². The van der Waals surface area contributed by atoms with E-state index in [1.54, 1.807) is 0 Å². The zero-order valence-corrected chi connectivity index (χ0v) is 10.1. The van der Waals surface area contributed by atoms with Gasteiger partial charge in [0.25, 0.3) is 0 Å². The number of carboxylic acids is 1. The van der Waals surface area contributed by atoms with E-state index in [1.165, 1.54) is 0 Å². The summed E-state index contributed by atoms with van der Waals surface area (Å²) in [5.74, 6) is -1.00. The third kappa shape index (κ3) is 3.84. The maximum atomic E-state index is 11.2. The van der Waals surface area contributed by atoms with Crippen LogP contribution in [0.2, 0.25) is 0 Å². The Balaban J connectivity index is 2.89. The highest BCUT2D eigenvalue weighted by Gasteiger charge is 2.22. The molecule has 0 aromatic heterocycles. The number of aliphatic hydroxyl groups excluding tert-OH is 1. The smallest absolute Gasteiger partial charge is 0.337 e. The maximum absolute atomic E-state index is 11.2. The molecule has 1 unspecified atom stereocenters. The first kappa shape index (κ1) is 13.7. The predicted molar refractivity (Wildman–Crippen MR) is 63.9 cm³/mol. The van der Waals surface area contributed by atoms with Gasteiger partial charge in [0.05, 0.1) is 6.61 Å². The molecule has 0 amide bonds. The molecule has 4 heteroatoms. The number of carboxylic acid groups (broad SMARTS) is 1. The van der Waals surface area contributed by atoms with Crippen molar-refractivity contribution in [1.82, 2.24) is 0 Å². The van der Waals surface area contributed by atoms with Gasteiger partial charge in [0, 0.05) is 6.61 Å². The number of aliphatic carboxylic acids is 1. The highest BCUT2D eigenvalue weighted by Crippen LogP contribution is 2.23. The fraction of sp³-hybridized carbons (Fsp3) is 0.462. The summed E-state index contributed by atoms with van der Waals surface area (Å²) in [6.07, 6.45) is -0.518. The van der Waals surface area contributed by atoms with Crippen molar-refractivity contribution >= 4 is 5.97 Å². The average molecular weight is 238 g/mol. The summed E-state index contributed by atoms with van der Waals surface area (Å²) >= 11 is 0. The van der Waals surface area contributed by atoms with E-state index in [1.807, 2.05) is 32.0 Å². The highest BCUT2D eigenvalue weighted by molar-refractivity contribution is 5.75. The predicted octanol–water partition coefficient (Wildman–Crippen LogP) is 1.83. The van der Waals surface area contributed by atoms with Crippen LogP contribution in [0.1, 0.15) is 29.2 Å². The van der Waals surface area contributed by atoms with Gasteiger partial charge in [-0.25, -0.2) is 4.79 Å². The molecule has 1 atom stereocenters. The third-order valence-corrected chi connectivity index (χ3v) is 2.53. The van der Waals surface area contributed by atoms with Crippen molar-refractivity contribution in [2.45, 2.75) is 26.4 Å². The van der Waals surface area contributed by atoms with Crippen LogP contribution in [-0.2, 0) is 9.53 Å². The number of aliphatic hydroxyl groups is 1. The zero-order chi connectivity index (χ0) is 12.8. The number of rotatable bonds is 6. The van der Waals surface area contributed by atoms with Gasteiger partial charge in [-0.3, -0.25) is 0 Å². The molecule has 94 valence electrons. The second kappa shape index (κ2) is 6.37. The second-order valence-corrected chi connectivity index (χ2v) is 4.03. The van der Waals surface area contributed by atoms with Crippen molar-refractivity contribution in [3.63, 3.8) is 0 Å². The monoisotopic (exact) mass is 238 g/mol. The number of aryl methyl sites for hydroxylation is 2. The van der Waals surface area contributed by atoms with Gasteiger partial charge in [0.15, 0.2) is 6.10 Å². The van der Waals surface area contributed by atoms with Gasteiger partial charge in [0.2, 0.25) is 0 Å². The first-order valence-electron chi connectivity index (χ1n) is 5.58. The van der Waals surface area contributed by atoms with Crippen LogP contribution in [-0.4, -0.2) is 29.4 Å². The van der Waals surface area contributed by atoms with Crippen LogP contribution in [0.15, 0.2) is 18.2 Å². The topological polar surface area (TPSA) is 66.8 Å². The van der Waals surface area contributed by atoms with Crippen LogP contribution in [0.5, 0.6) is 0 Å². The first-order valence-corrected chi connectivity index (χ1v) is 5.58. The van der Waals surface area contributed by atoms with E-state index < -0.39 is 12.1 Å². The third-order valence-electron chi connectivity index (χ3n) is 2.53. The molecule has 0 aliphatic rings. The maximum Gasteiger partial charge on any atom is 0.337 e. The standard InChI is InChI=1S/C13H18O4/c1-9-4-5-10(2)11(8-9)12(13(15)16)17-7-3-6-14/h4-5,8,12,14H,3,6-7H2,1-2H3,(H,15,16). The molecule has 17 heavy (non-hydrogen) atoms. The van der Waals surface area contributed by atoms with Crippen LogP contribution in [0.25, 0.3) is 0 Å². The van der Waals surface area contributed by atoms with E-state index in [2.05, 4.69) is 0 Å². The molecule has 0 saturated carbocycles. The largest absolute Gasteiger partial charge is 0.479 e. The summed E-state index contributed by atoms with van der Waals surface area (Å²) in [6.45, 7) is 4.01. The Hall–Kier alpha value is -1.39. The van der Waals surface area contributed by atoms with Crippen molar-refractivity contribution in [2.75, 3.05) is 13.2 Å². The molecule has 2 N–H and O–H groups in total. The molecule has 0 radical (unpaired) electrons. The van der Waals surface area contributed by atoms with Gasteiger partial charge in [-0.2, -0.15) is 0 Å². The van der Waals surface area contributed by atoms with Crippen LogP contribution in [0, 0.1) is 13.8 Å². The summed E-state index contributed by atoms with van der Waals surface area (Å²) < 4.78 is 5.31. The van der Waals surface area contributed by atoms with Crippen molar-refractivity contribution in [3.8, 4) is 0 Å². The summed E-state index contributed by atoms with van der Waals surface area (Å²) in [7, 11) is 0. The number of hydrogen-bond acceptors (Lipinski definition) is 3. The molecule has 0 aliphatic carbocycles. The van der Waals surface area contributed by atoms with Crippen molar-refractivity contribution in [2.24, 2.45) is 0 Å². The number of benzene rings is 1. The van der Waals surface area contributed by atoms with Gasteiger partial charge in [-0.15, -0.1) is 0 Å². The lowest BCUT2D eigenvalue weighted by atomic mass is 10.0. The summed E-state index contributed by atoms with van der Waals surface area (Å²) in [6, 6.07) is 5.65. The van der Waals surface area contributed by atoms with Crippen molar-refractivity contribution in [1.29, 1.82) is 0 Å². The quantitative estimate of drug-likeness (QED) is 0.742. The van der Waals surface area contributed by atoms with Gasteiger partial charge < -0.3 is 14.9 Å². The molecule has 0 aliphatic heterocycles. The fourth-order valence-electron chi connectivity index (χ4n) is 1.60. The molecule has 1 aromatic rings. The molecule has 1 rings (SSSR count). The Bertz CT molecular complexity index is 387. The van der Waals surface area contributed by atoms with Crippen LogP contribution in [0.3, 0.4) is 0 Å². The minimum Gasteiger partial charge on any atom is -0.479 e. The lowest BCUT2D eigenvalue weighted by molar-refractivity contribution is -0.151. The molecular weight excluding hydrogens is 220 g/mol. The van der Waals surface area contributed by atoms with Gasteiger partial charge in [-0.05, 0) is 31.4 Å². The molecule has 0 saturated heterocycles. The molecule has 0 heterocycles. The van der Waals surface area contributed by atoms with Gasteiger partial charge in [0.1, 0.15) is 0 Å². The highest BCUT2D eigenvalue weighted by atomic mass is 16.5. The summed E-state index contributed by atoms with van der Waals surface area (Å²) in [4.78, 5) is 11.2. The van der Waals surface area contributed by atoms with Gasteiger partial charge >= 0.3 is 5.97 Å². The normalized spacial score (nSPS) is 12.4. The van der Waals surface area contributed by atoms with Crippen LogP contribution < -0.4 is 0 Å². The Morgan fingerprint density at radius 3 is 2.71 bits per heavy atom. The Morgan fingerprint density at radius 1 is 1.41 bits per heavy atom. The lowest BCUT2D eigenvalue weighted by Gasteiger charge is -2.16. The summed E-state index contributed by atoms with van der Waals surface area (Å²) in [5, 5.41) is 17.8. The van der Waals surface area contributed by atoms with Gasteiger partial charge in [-0.1, -0.05) is 23.8 Å². The van der Waals surface area contributed by atoms with E-state index in [4.69, 9.17) is 14.9 Å². The lowest BCUT2D eigenvalue weighted by Crippen LogP contribution is -2.17. The second-order valence-electron chi connectivity index (χ2n) is 4.03. The van der Waals surface area contributed by atoms with Crippen LogP contribution >= 0.6 is 0 Å². The minimum atomic E-state index is -1.00. The Kier molecular flexibility index (Phi) is 5.12. The number of ether oxygens (including phenoxy) is 1. The summed E-state index contributed by atoms with van der Waals surface area (Å²) in [5.41, 5.74) is 2.57. The SMILES string of the molecule is Cc1ccc(C)c(C(OCCCO)C(=O)O)c1. The molecule has 0 fully saturated rings. The zero-order valence-electron chi connectivity index (χ0n) is 10.1. The van der Waals surface area contributed by atoms with E-state index in [0.717, 1.165) is 11.1 Å². The number of hydrogen-bond donors (Lipinski definition) is 2. The van der Waals surface area contributed by atoms with E-state index in [9.17, 15) is 4.79 Å². The molecular formula is C13H18O4. The van der Waals surface area contributed by atoms with E-state index in [0.29, 0.717) is 12.0 Å². The Morgan fingerprint density at radius 2 is 2.12 bits per heavy atom. The van der Waals surface area contributed by atoms with Crippen molar-refractivity contribution < 1.29 is 19.7 Å². The average Bonchev–Trinajstić information content (AvgIpc) is 2.28. The number of carbonyl (C=O) groups is 1. The Labute approximate surface area is 101 Å². The van der Waals surface area contributed by atoms with Crippen LogP contribution in [0.4, 0.5) is 0 Å². The fourth-order valence-corrected chi connectivity index (χ4v) is 1.60. The van der Waals surface area contributed by atoms with E-state index >= 15 is 0 Å². The minimum absolute atomic E-state index is 0.000855. The first-order chi connectivity index (χ1) is 8.06. The molecule has 0 spiro atoms. The molecule has 1 aromatic carbocycles. The van der Waals surface area contributed by atoms with Crippen molar-refractivity contribution in [3.05, 3.63) is 34.9 Å².